The summed E-state index contributed by atoms with van der Waals surface area (Å²) in [6.45, 7) is 0.618. The minimum atomic E-state index is -0.232. The van der Waals surface area contributed by atoms with Crippen molar-refractivity contribution in [3.8, 4) is 10.6 Å². The van der Waals surface area contributed by atoms with Crippen LogP contribution >= 0.6 is 11.3 Å². The third kappa shape index (κ3) is 3.00. The lowest BCUT2D eigenvalue weighted by Gasteiger charge is -2.03. The minimum Gasteiger partial charge on any atom is -0.379 e. The Labute approximate surface area is 120 Å². The van der Waals surface area contributed by atoms with Crippen molar-refractivity contribution in [1.82, 2.24) is 9.97 Å². The average Bonchev–Trinajstić information content (AvgIpc) is 2.97. The summed E-state index contributed by atoms with van der Waals surface area (Å²) in [4.78, 5) is 8.56. The smallest absolute Gasteiger partial charge is 0.123 e. The van der Waals surface area contributed by atoms with E-state index >= 15 is 0 Å². The first kappa shape index (κ1) is 12.7. The Balaban J connectivity index is 1.67. The number of thiazole rings is 1. The number of anilines is 1. The summed E-state index contributed by atoms with van der Waals surface area (Å²) >= 11 is 1.60. The summed E-state index contributed by atoms with van der Waals surface area (Å²) in [6.07, 6.45) is 3.51. The third-order valence-electron chi connectivity index (χ3n) is 2.80. The van der Waals surface area contributed by atoms with Crippen LogP contribution in [-0.4, -0.2) is 9.97 Å². The van der Waals surface area contributed by atoms with E-state index < -0.39 is 0 Å². The number of benzene rings is 1. The second-order valence-corrected chi connectivity index (χ2v) is 5.10. The van der Waals surface area contributed by atoms with E-state index in [1.54, 1.807) is 35.9 Å². The van der Waals surface area contributed by atoms with Gasteiger partial charge in [0.05, 0.1) is 12.2 Å². The lowest BCUT2D eigenvalue weighted by molar-refractivity contribution is 0.628. The quantitative estimate of drug-likeness (QED) is 0.788. The predicted octanol–water partition coefficient (Wildman–Crippen LogP) is 3.96. The fraction of sp³-hybridized carbons (Fsp3) is 0.0667. The molecule has 2 heterocycles. The molecule has 3 rings (SSSR count). The van der Waals surface area contributed by atoms with Gasteiger partial charge in [0.25, 0.3) is 0 Å². The van der Waals surface area contributed by atoms with Crippen molar-refractivity contribution in [1.29, 1.82) is 0 Å². The van der Waals surface area contributed by atoms with Gasteiger partial charge < -0.3 is 5.32 Å². The Bertz CT molecular complexity index is 680. The molecule has 0 spiro atoms. The number of hydrogen-bond donors (Lipinski definition) is 1. The number of halogens is 1. The molecule has 0 atom stereocenters. The second-order valence-electron chi connectivity index (χ2n) is 4.24. The fourth-order valence-electron chi connectivity index (χ4n) is 1.78. The van der Waals surface area contributed by atoms with Crippen molar-refractivity contribution in [2.75, 3.05) is 5.32 Å². The molecular weight excluding hydrogens is 273 g/mol. The van der Waals surface area contributed by atoms with Gasteiger partial charge in [-0.2, -0.15) is 0 Å². The summed E-state index contributed by atoms with van der Waals surface area (Å²) in [7, 11) is 0. The van der Waals surface area contributed by atoms with Gasteiger partial charge in [0.1, 0.15) is 10.8 Å². The van der Waals surface area contributed by atoms with E-state index in [-0.39, 0.29) is 5.82 Å². The molecule has 100 valence electrons. The molecule has 1 N–H and O–H groups in total. The summed E-state index contributed by atoms with van der Waals surface area (Å²) in [6, 6.07) is 10.2. The van der Waals surface area contributed by atoms with Crippen LogP contribution in [0.2, 0.25) is 0 Å². The van der Waals surface area contributed by atoms with E-state index in [1.807, 2.05) is 17.5 Å². The zero-order valence-electron chi connectivity index (χ0n) is 10.6. The predicted molar refractivity (Wildman–Crippen MR) is 79.1 cm³/mol. The lowest BCUT2D eigenvalue weighted by Crippen LogP contribution is -1.99. The summed E-state index contributed by atoms with van der Waals surface area (Å²) in [5.41, 5.74) is 2.91. The fourth-order valence-corrected chi connectivity index (χ4v) is 2.60. The van der Waals surface area contributed by atoms with Gasteiger partial charge in [-0.1, -0.05) is 0 Å². The SMILES string of the molecule is Fc1ccc(NCc2csc(-c3ccncc3)n2)cc1. The van der Waals surface area contributed by atoms with Gasteiger partial charge in [0, 0.05) is 29.0 Å². The van der Waals surface area contributed by atoms with Crippen molar-refractivity contribution in [3.05, 3.63) is 65.7 Å². The van der Waals surface area contributed by atoms with Crippen LogP contribution in [0.5, 0.6) is 0 Å². The van der Waals surface area contributed by atoms with Gasteiger partial charge in [-0.3, -0.25) is 4.98 Å². The third-order valence-corrected chi connectivity index (χ3v) is 3.74. The Morgan fingerprint density at radius 1 is 1.05 bits per heavy atom. The second kappa shape index (κ2) is 5.79. The maximum Gasteiger partial charge on any atom is 0.123 e. The van der Waals surface area contributed by atoms with Crippen molar-refractivity contribution in [3.63, 3.8) is 0 Å². The molecule has 0 radical (unpaired) electrons. The van der Waals surface area contributed by atoms with Crippen LogP contribution in [0.4, 0.5) is 10.1 Å². The molecule has 0 bridgehead atoms. The molecule has 3 nitrogen and oxygen atoms in total. The van der Waals surface area contributed by atoms with E-state index in [4.69, 9.17) is 0 Å². The van der Waals surface area contributed by atoms with Crippen LogP contribution in [0.1, 0.15) is 5.69 Å². The number of nitrogens with one attached hydrogen (secondary N) is 1. The zero-order chi connectivity index (χ0) is 13.8. The van der Waals surface area contributed by atoms with Crippen LogP contribution in [0.15, 0.2) is 54.2 Å². The highest BCUT2D eigenvalue weighted by Gasteiger charge is 2.04. The molecule has 0 saturated carbocycles. The highest BCUT2D eigenvalue weighted by molar-refractivity contribution is 7.13. The van der Waals surface area contributed by atoms with Crippen LogP contribution < -0.4 is 5.32 Å². The summed E-state index contributed by atoms with van der Waals surface area (Å²) < 4.78 is 12.8. The van der Waals surface area contributed by atoms with Gasteiger partial charge >= 0.3 is 0 Å². The Morgan fingerprint density at radius 2 is 1.80 bits per heavy atom. The highest BCUT2D eigenvalue weighted by Crippen LogP contribution is 2.23. The van der Waals surface area contributed by atoms with Gasteiger partial charge in [-0.25, -0.2) is 9.37 Å². The topological polar surface area (TPSA) is 37.8 Å². The summed E-state index contributed by atoms with van der Waals surface area (Å²) in [5.74, 6) is -0.232. The standard InChI is InChI=1S/C15H12FN3S/c16-12-1-3-13(4-2-12)18-9-14-10-20-15(19-14)11-5-7-17-8-6-11/h1-8,10,18H,9H2. The van der Waals surface area contributed by atoms with Crippen LogP contribution in [-0.2, 0) is 6.54 Å². The number of hydrogen-bond acceptors (Lipinski definition) is 4. The van der Waals surface area contributed by atoms with Gasteiger partial charge in [-0.05, 0) is 36.4 Å². The normalized spacial score (nSPS) is 10.4. The molecule has 0 saturated heterocycles. The molecule has 0 unspecified atom stereocenters. The summed E-state index contributed by atoms with van der Waals surface area (Å²) in [5, 5.41) is 6.21. The maximum atomic E-state index is 12.8. The van der Waals surface area contributed by atoms with E-state index in [1.165, 1.54) is 12.1 Å². The van der Waals surface area contributed by atoms with E-state index in [0.717, 1.165) is 22.0 Å². The van der Waals surface area contributed by atoms with Crippen molar-refractivity contribution in [2.45, 2.75) is 6.54 Å². The number of nitrogens with zero attached hydrogens (tertiary/aromatic N) is 2. The molecule has 3 aromatic rings. The minimum absolute atomic E-state index is 0.232. The highest BCUT2D eigenvalue weighted by atomic mass is 32.1. The van der Waals surface area contributed by atoms with Crippen molar-refractivity contribution in [2.24, 2.45) is 0 Å². The largest absolute Gasteiger partial charge is 0.379 e. The molecule has 1 aromatic carbocycles. The van der Waals surface area contributed by atoms with Gasteiger partial charge in [-0.15, -0.1) is 11.3 Å². The molecule has 0 fully saturated rings. The monoisotopic (exact) mass is 285 g/mol. The molecule has 20 heavy (non-hydrogen) atoms. The Hall–Kier alpha value is -2.27. The molecule has 2 aromatic heterocycles. The first-order valence-electron chi connectivity index (χ1n) is 6.15. The number of aromatic nitrogens is 2. The molecule has 0 aliphatic carbocycles. The van der Waals surface area contributed by atoms with Gasteiger partial charge in [0.15, 0.2) is 0 Å². The molecule has 0 aliphatic heterocycles. The first-order chi connectivity index (χ1) is 9.81. The van der Waals surface area contributed by atoms with E-state index in [0.29, 0.717) is 6.54 Å². The van der Waals surface area contributed by atoms with Crippen molar-refractivity contribution >= 4 is 17.0 Å². The Kier molecular flexibility index (Phi) is 3.69. The van der Waals surface area contributed by atoms with Crippen LogP contribution in [0.3, 0.4) is 0 Å². The van der Waals surface area contributed by atoms with E-state index in [9.17, 15) is 4.39 Å². The van der Waals surface area contributed by atoms with Gasteiger partial charge in [0.2, 0.25) is 0 Å². The average molecular weight is 285 g/mol. The molecule has 0 amide bonds. The Morgan fingerprint density at radius 3 is 2.55 bits per heavy atom. The molecule has 0 aliphatic rings. The van der Waals surface area contributed by atoms with Crippen LogP contribution in [0, 0.1) is 5.82 Å². The lowest BCUT2D eigenvalue weighted by atomic mass is 10.3. The van der Waals surface area contributed by atoms with Crippen molar-refractivity contribution < 1.29 is 4.39 Å². The number of pyridine rings is 1. The molecular formula is C15H12FN3S. The first-order valence-corrected chi connectivity index (χ1v) is 7.03. The molecule has 5 heteroatoms. The zero-order valence-corrected chi connectivity index (χ0v) is 11.4. The number of rotatable bonds is 4. The van der Waals surface area contributed by atoms with E-state index in [2.05, 4.69) is 15.3 Å². The maximum absolute atomic E-state index is 12.8. The van der Waals surface area contributed by atoms with Crippen LogP contribution in [0.25, 0.3) is 10.6 Å².